The minimum absolute atomic E-state index is 0.0109. The molecule has 2 aliphatic rings. The Kier molecular flexibility index (Phi) is 12.6. The van der Waals surface area contributed by atoms with Gasteiger partial charge < -0.3 is 15.5 Å². The van der Waals surface area contributed by atoms with Crippen molar-refractivity contribution in [1.82, 2.24) is 15.7 Å². The molecule has 0 aromatic carbocycles. The van der Waals surface area contributed by atoms with Gasteiger partial charge in [-0.2, -0.15) is 0 Å². The average molecular weight is 534 g/mol. The summed E-state index contributed by atoms with van der Waals surface area (Å²) in [6.45, 7) is -1.15. The molecule has 0 bridgehead atoms. The van der Waals surface area contributed by atoms with Gasteiger partial charge in [0.1, 0.15) is 12.3 Å². The van der Waals surface area contributed by atoms with Gasteiger partial charge in [-0.1, -0.05) is 37.1 Å². The Bertz CT molecular complexity index is 858. The van der Waals surface area contributed by atoms with Crippen LogP contribution in [0.2, 0.25) is 0 Å². The molecule has 2 rings (SSSR count). The number of carbonyl (C=O) groups excluding carboxylic acids is 6. The molecule has 1 saturated heterocycles. The van der Waals surface area contributed by atoms with Crippen LogP contribution < -0.4 is 10.6 Å². The van der Waals surface area contributed by atoms with Gasteiger partial charge in [-0.15, -0.1) is 9.40 Å². The molecule has 2 unspecified atom stereocenters. The lowest BCUT2D eigenvalue weighted by Gasteiger charge is -2.18. The molecule has 1 aliphatic carbocycles. The Hall–Kier alpha value is -2.75. The van der Waals surface area contributed by atoms with E-state index in [-0.39, 0.29) is 29.6 Å². The highest BCUT2D eigenvalue weighted by Crippen LogP contribution is 2.24. The molecule has 14 nitrogen and oxygen atoms in total. The third-order valence-electron chi connectivity index (χ3n) is 5.69. The maximum absolute atomic E-state index is 12.4. The average Bonchev–Trinajstić information content (AvgIpc) is 3.11. The SMILES string of the molecule is COOOS(=O)C1CC(=O)N(OC(=O)CNC(=O)CNC(=O)CCC(=O)C2CCCCCCC2)C1=O. The molecule has 1 heterocycles. The van der Waals surface area contributed by atoms with Crippen molar-refractivity contribution >= 4 is 46.5 Å². The van der Waals surface area contributed by atoms with Gasteiger partial charge in [0.25, 0.3) is 11.8 Å². The third kappa shape index (κ3) is 9.72. The highest BCUT2D eigenvalue weighted by Gasteiger charge is 2.46. The normalized spacial score (nSPS) is 19.8. The standard InChI is InChI=1S/C21H31N3O11S/c1-32-34-35-36(31)16-11-19(28)24(21(16)30)33-20(29)13-23-18(27)12-22-17(26)10-9-15(25)14-7-5-3-2-4-6-8-14/h14,16H,2-13H2,1H3,(H,22,26)(H,23,27). The Labute approximate surface area is 210 Å². The number of Topliss-reactive ketones (excluding diaryl/α,β-unsaturated/α-hetero) is 1. The van der Waals surface area contributed by atoms with Crippen LogP contribution in [0.5, 0.6) is 0 Å². The summed E-state index contributed by atoms with van der Waals surface area (Å²) >= 11 is -2.39. The van der Waals surface area contributed by atoms with Gasteiger partial charge in [-0.3, -0.25) is 24.0 Å². The number of nitrogens with zero attached hydrogens (tertiary/aromatic N) is 1. The predicted octanol–water partition coefficient (Wildman–Crippen LogP) is -0.312. The van der Waals surface area contributed by atoms with Gasteiger partial charge in [-0.25, -0.2) is 13.9 Å². The minimum Gasteiger partial charge on any atom is -0.347 e. The molecule has 2 N–H and O–H groups in total. The van der Waals surface area contributed by atoms with Crippen molar-refractivity contribution in [3.05, 3.63) is 0 Å². The Morgan fingerprint density at radius 2 is 1.58 bits per heavy atom. The molecule has 4 amide bonds. The van der Waals surface area contributed by atoms with Crippen molar-refractivity contribution in [3.8, 4) is 0 Å². The maximum Gasteiger partial charge on any atom is 0.352 e. The fourth-order valence-electron chi connectivity index (χ4n) is 3.78. The zero-order chi connectivity index (χ0) is 26.5. The summed E-state index contributed by atoms with van der Waals surface area (Å²) in [6, 6.07) is 0. The van der Waals surface area contributed by atoms with Crippen LogP contribution in [0.4, 0.5) is 0 Å². The molecule has 1 saturated carbocycles. The van der Waals surface area contributed by atoms with Crippen LogP contribution >= 0.6 is 0 Å². The van der Waals surface area contributed by atoms with E-state index in [0.29, 0.717) is 0 Å². The van der Waals surface area contributed by atoms with E-state index in [9.17, 15) is 33.0 Å². The largest absolute Gasteiger partial charge is 0.352 e. The molecule has 2 atom stereocenters. The minimum atomic E-state index is -2.39. The van der Waals surface area contributed by atoms with Crippen LogP contribution in [0.3, 0.4) is 0 Å². The van der Waals surface area contributed by atoms with Crippen LogP contribution in [-0.2, 0) is 58.9 Å². The number of carbonyl (C=O) groups is 6. The van der Waals surface area contributed by atoms with Gasteiger partial charge in [0.15, 0.2) is 5.25 Å². The Morgan fingerprint density at radius 3 is 2.25 bits per heavy atom. The molecular weight excluding hydrogens is 502 g/mol. The van der Waals surface area contributed by atoms with Crippen LogP contribution in [0.25, 0.3) is 0 Å². The number of ketones is 1. The van der Waals surface area contributed by atoms with Gasteiger partial charge in [0.05, 0.1) is 20.1 Å². The predicted molar refractivity (Wildman–Crippen MR) is 120 cm³/mol. The number of hydrogen-bond acceptors (Lipinski definition) is 11. The summed E-state index contributed by atoms with van der Waals surface area (Å²) in [6.07, 6.45) is 6.68. The zero-order valence-corrected chi connectivity index (χ0v) is 20.8. The van der Waals surface area contributed by atoms with Crippen molar-refractivity contribution in [3.63, 3.8) is 0 Å². The molecule has 0 spiro atoms. The molecule has 0 aromatic heterocycles. The fraction of sp³-hybridized carbons (Fsp3) is 0.714. The molecule has 0 aromatic rings. The van der Waals surface area contributed by atoms with Crippen molar-refractivity contribution in [2.75, 3.05) is 20.2 Å². The first-order valence-corrected chi connectivity index (χ1v) is 12.8. The zero-order valence-electron chi connectivity index (χ0n) is 20.0. The summed E-state index contributed by atoms with van der Waals surface area (Å²) in [7, 11) is 1.06. The highest BCUT2D eigenvalue weighted by atomic mass is 32.2. The molecule has 1 aliphatic heterocycles. The van der Waals surface area contributed by atoms with E-state index in [1.165, 1.54) is 6.42 Å². The monoisotopic (exact) mass is 533 g/mol. The molecule has 2 fully saturated rings. The second-order valence-electron chi connectivity index (χ2n) is 8.31. The fourth-order valence-corrected chi connectivity index (χ4v) is 4.53. The van der Waals surface area contributed by atoms with Crippen LogP contribution in [0.1, 0.15) is 64.2 Å². The van der Waals surface area contributed by atoms with Gasteiger partial charge in [-0.05, 0) is 12.8 Å². The van der Waals surface area contributed by atoms with Crippen LogP contribution in [0, 0.1) is 5.92 Å². The van der Waals surface area contributed by atoms with Crippen LogP contribution in [-0.4, -0.2) is 70.1 Å². The topological polar surface area (TPSA) is 184 Å². The van der Waals surface area contributed by atoms with E-state index in [1.807, 2.05) is 0 Å². The first-order valence-electron chi connectivity index (χ1n) is 11.6. The summed E-state index contributed by atoms with van der Waals surface area (Å²) < 4.78 is 16.0. The molecule has 15 heteroatoms. The lowest BCUT2D eigenvalue weighted by Crippen LogP contribution is -2.42. The van der Waals surface area contributed by atoms with Crippen molar-refractivity contribution < 1.29 is 52.1 Å². The van der Waals surface area contributed by atoms with E-state index in [4.69, 9.17) is 0 Å². The third-order valence-corrected chi connectivity index (χ3v) is 6.71. The molecule has 0 radical (unpaired) electrons. The van der Waals surface area contributed by atoms with Gasteiger partial charge >= 0.3 is 5.97 Å². The lowest BCUT2D eigenvalue weighted by atomic mass is 9.86. The second kappa shape index (κ2) is 15.4. The highest BCUT2D eigenvalue weighted by molar-refractivity contribution is 7.81. The first kappa shape index (κ1) is 29.5. The lowest BCUT2D eigenvalue weighted by molar-refractivity contribution is -0.450. The number of hydrogen-bond donors (Lipinski definition) is 2. The van der Waals surface area contributed by atoms with E-state index in [1.54, 1.807) is 0 Å². The number of rotatable bonds is 13. The Balaban J connectivity index is 1.64. The first-order chi connectivity index (χ1) is 17.2. The molecular formula is C21H31N3O11S. The van der Waals surface area contributed by atoms with E-state index >= 15 is 0 Å². The van der Waals surface area contributed by atoms with Gasteiger partial charge in [0, 0.05) is 18.8 Å². The summed E-state index contributed by atoms with van der Waals surface area (Å²) in [5.74, 6) is -4.34. The Morgan fingerprint density at radius 1 is 0.944 bits per heavy atom. The van der Waals surface area contributed by atoms with E-state index in [2.05, 4.69) is 29.7 Å². The van der Waals surface area contributed by atoms with Crippen LogP contribution in [0.15, 0.2) is 0 Å². The quantitative estimate of drug-likeness (QED) is 0.180. The van der Waals surface area contributed by atoms with Gasteiger partial charge in [0.2, 0.25) is 22.9 Å². The maximum atomic E-state index is 12.4. The smallest absolute Gasteiger partial charge is 0.347 e. The summed E-state index contributed by atoms with van der Waals surface area (Å²) in [4.78, 5) is 80.8. The van der Waals surface area contributed by atoms with Crippen molar-refractivity contribution in [1.29, 1.82) is 0 Å². The van der Waals surface area contributed by atoms with E-state index < -0.39 is 65.4 Å². The van der Waals surface area contributed by atoms with Crippen molar-refractivity contribution in [2.45, 2.75) is 69.5 Å². The van der Waals surface area contributed by atoms with E-state index in [0.717, 1.165) is 45.6 Å². The number of amides is 4. The number of nitrogens with one attached hydrogen (secondary N) is 2. The molecule has 202 valence electrons. The summed E-state index contributed by atoms with van der Waals surface area (Å²) in [5, 5.41) is 7.18. The number of imide groups is 1. The van der Waals surface area contributed by atoms with Crippen molar-refractivity contribution in [2.24, 2.45) is 5.92 Å². The summed E-state index contributed by atoms with van der Waals surface area (Å²) in [5.41, 5.74) is 0. The second-order valence-corrected chi connectivity index (χ2v) is 9.53. The number of hydroxylamine groups is 2. The molecule has 36 heavy (non-hydrogen) atoms.